The van der Waals surface area contributed by atoms with Crippen LogP contribution in [-0.2, 0) is 0 Å². The van der Waals surface area contributed by atoms with Gasteiger partial charge in [-0.05, 0) is 37.6 Å². The first-order chi connectivity index (χ1) is 9.99. The van der Waals surface area contributed by atoms with Crippen molar-refractivity contribution in [3.05, 3.63) is 59.2 Å². The van der Waals surface area contributed by atoms with Crippen molar-refractivity contribution in [3.8, 4) is 11.5 Å². The number of hydrazone groups is 1. The zero-order valence-corrected chi connectivity index (χ0v) is 11.8. The maximum absolute atomic E-state index is 12.0. The zero-order valence-electron chi connectivity index (χ0n) is 11.8. The fourth-order valence-corrected chi connectivity index (χ4v) is 1.91. The molecular formula is C16H16N2O3. The van der Waals surface area contributed by atoms with E-state index in [0.29, 0.717) is 16.8 Å². The SMILES string of the molecule is C/C(=N/NC(=O)c1ccccc1C)c1ccc(O)cc1O. The van der Waals surface area contributed by atoms with Gasteiger partial charge in [-0.15, -0.1) is 0 Å². The Hall–Kier alpha value is -2.82. The molecule has 0 fully saturated rings. The second-order valence-corrected chi connectivity index (χ2v) is 4.65. The van der Waals surface area contributed by atoms with Crippen molar-refractivity contribution < 1.29 is 15.0 Å². The summed E-state index contributed by atoms with van der Waals surface area (Å²) < 4.78 is 0. The van der Waals surface area contributed by atoms with Crippen molar-refractivity contribution >= 4 is 11.6 Å². The summed E-state index contributed by atoms with van der Waals surface area (Å²) in [4.78, 5) is 12.0. The Morgan fingerprint density at radius 2 is 1.81 bits per heavy atom. The first kappa shape index (κ1) is 14.6. The van der Waals surface area contributed by atoms with Gasteiger partial charge >= 0.3 is 0 Å². The van der Waals surface area contributed by atoms with E-state index in [9.17, 15) is 15.0 Å². The number of nitrogens with zero attached hydrogens (tertiary/aromatic N) is 1. The van der Waals surface area contributed by atoms with Gasteiger partial charge < -0.3 is 10.2 Å². The molecule has 0 heterocycles. The number of carbonyl (C=O) groups excluding carboxylic acids is 1. The number of rotatable bonds is 3. The first-order valence-corrected chi connectivity index (χ1v) is 6.41. The molecule has 21 heavy (non-hydrogen) atoms. The number of hydrogen-bond donors (Lipinski definition) is 3. The van der Waals surface area contributed by atoms with Crippen molar-refractivity contribution in [1.29, 1.82) is 0 Å². The lowest BCUT2D eigenvalue weighted by Crippen LogP contribution is -2.20. The molecule has 2 aromatic rings. The van der Waals surface area contributed by atoms with Crippen molar-refractivity contribution in [2.24, 2.45) is 5.10 Å². The van der Waals surface area contributed by atoms with Crippen LogP contribution >= 0.6 is 0 Å². The molecule has 5 heteroatoms. The second-order valence-electron chi connectivity index (χ2n) is 4.65. The van der Waals surface area contributed by atoms with E-state index >= 15 is 0 Å². The van der Waals surface area contributed by atoms with Crippen LogP contribution in [0.25, 0.3) is 0 Å². The Labute approximate surface area is 122 Å². The predicted molar refractivity (Wildman–Crippen MR) is 80.6 cm³/mol. The van der Waals surface area contributed by atoms with Crippen LogP contribution in [0.1, 0.15) is 28.4 Å². The molecule has 0 saturated heterocycles. The van der Waals surface area contributed by atoms with Crippen LogP contribution < -0.4 is 5.43 Å². The number of carbonyl (C=O) groups is 1. The molecular weight excluding hydrogens is 268 g/mol. The maximum atomic E-state index is 12.0. The molecule has 3 N–H and O–H groups in total. The Kier molecular flexibility index (Phi) is 4.23. The Bertz CT molecular complexity index is 708. The lowest BCUT2D eigenvalue weighted by Gasteiger charge is -2.06. The third-order valence-corrected chi connectivity index (χ3v) is 3.09. The second kappa shape index (κ2) is 6.09. The third-order valence-electron chi connectivity index (χ3n) is 3.09. The van der Waals surface area contributed by atoms with E-state index < -0.39 is 0 Å². The van der Waals surface area contributed by atoms with Gasteiger partial charge in [-0.1, -0.05) is 18.2 Å². The Morgan fingerprint density at radius 3 is 2.48 bits per heavy atom. The molecule has 0 unspecified atom stereocenters. The van der Waals surface area contributed by atoms with Crippen LogP contribution in [0.4, 0.5) is 0 Å². The van der Waals surface area contributed by atoms with Crippen molar-refractivity contribution in [3.63, 3.8) is 0 Å². The molecule has 0 bridgehead atoms. The third kappa shape index (κ3) is 3.39. The Morgan fingerprint density at radius 1 is 1.10 bits per heavy atom. The summed E-state index contributed by atoms with van der Waals surface area (Å²) in [5.41, 5.74) is 4.74. The van der Waals surface area contributed by atoms with Gasteiger partial charge in [0.1, 0.15) is 11.5 Å². The lowest BCUT2D eigenvalue weighted by molar-refractivity contribution is 0.0954. The van der Waals surface area contributed by atoms with Crippen LogP contribution in [-0.4, -0.2) is 21.8 Å². The minimum absolute atomic E-state index is 0.0343. The van der Waals surface area contributed by atoms with Gasteiger partial charge in [-0.25, -0.2) is 5.43 Å². The summed E-state index contributed by atoms with van der Waals surface area (Å²) >= 11 is 0. The van der Waals surface area contributed by atoms with Gasteiger partial charge in [0.15, 0.2) is 0 Å². The molecule has 0 aliphatic heterocycles. The molecule has 0 radical (unpaired) electrons. The van der Waals surface area contributed by atoms with E-state index in [1.165, 1.54) is 18.2 Å². The fraction of sp³-hybridized carbons (Fsp3) is 0.125. The highest BCUT2D eigenvalue weighted by Crippen LogP contribution is 2.22. The standard InChI is InChI=1S/C16H16N2O3/c1-10-5-3-4-6-13(10)16(21)18-17-11(2)14-8-7-12(19)9-15(14)20/h3-9,19-20H,1-2H3,(H,18,21)/b17-11-. The highest BCUT2D eigenvalue weighted by molar-refractivity contribution is 6.03. The zero-order chi connectivity index (χ0) is 15.4. The van der Waals surface area contributed by atoms with Gasteiger partial charge in [-0.3, -0.25) is 4.79 Å². The molecule has 2 rings (SSSR count). The highest BCUT2D eigenvalue weighted by Gasteiger charge is 2.09. The number of amides is 1. The van der Waals surface area contributed by atoms with Crippen LogP contribution in [0.2, 0.25) is 0 Å². The number of hydrogen-bond acceptors (Lipinski definition) is 4. The van der Waals surface area contributed by atoms with E-state index in [1.54, 1.807) is 19.1 Å². The van der Waals surface area contributed by atoms with E-state index in [-0.39, 0.29) is 17.4 Å². The van der Waals surface area contributed by atoms with Gasteiger partial charge in [0.25, 0.3) is 5.91 Å². The minimum Gasteiger partial charge on any atom is -0.508 e. The largest absolute Gasteiger partial charge is 0.508 e. The number of aromatic hydroxyl groups is 2. The molecule has 108 valence electrons. The summed E-state index contributed by atoms with van der Waals surface area (Å²) in [7, 11) is 0. The van der Waals surface area contributed by atoms with Gasteiger partial charge in [0, 0.05) is 17.2 Å². The highest BCUT2D eigenvalue weighted by atomic mass is 16.3. The van der Waals surface area contributed by atoms with Crippen molar-refractivity contribution in [2.75, 3.05) is 0 Å². The molecule has 0 atom stereocenters. The molecule has 1 amide bonds. The maximum Gasteiger partial charge on any atom is 0.271 e. The topological polar surface area (TPSA) is 81.9 Å². The van der Waals surface area contributed by atoms with Gasteiger partial charge in [0.2, 0.25) is 0 Å². The summed E-state index contributed by atoms with van der Waals surface area (Å²) in [6.07, 6.45) is 0. The van der Waals surface area contributed by atoms with Gasteiger partial charge in [0.05, 0.1) is 5.71 Å². The van der Waals surface area contributed by atoms with E-state index in [2.05, 4.69) is 10.5 Å². The van der Waals surface area contributed by atoms with E-state index in [1.807, 2.05) is 19.1 Å². The van der Waals surface area contributed by atoms with Crippen LogP contribution in [0.15, 0.2) is 47.6 Å². The normalized spacial score (nSPS) is 11.2. The molecule has 5 nitrogen and oxygen atoms in total. The number of aryl methyl sites for hydroxylation is 1. The summed E-state index contributed by atoms with van der Waals surface area (Å²) in [5.74, 6) is -0.444. The van der Waals surface area contributed by atoms with E-state index in [0.717, 1.165) is 5.56 Å². The lowest BCUT2D eigenvalue weighted by atomic mass is 10.1. The summed E-state index contributed by atoms with van der Waals surface area (Å²) in [5, 5.41) is 23.0. The predicted octanol–water partition coefficient (Wildman–Crippen LogP) is 2.56. The molecule has 0 aromatic heterocycles. The monoisotopic (exact) mass is 284 g/mol. The number of benzene rings is 2. The first-order valence-electron chi connectivity index (χ1n) is 6.41. The van der Waals surface area contributed by atoms with Crippen LogP contribution in [0.3, 0.4) is 0 Å². The summed E-state index contributed by atoms with van der Waals surface area (Å²) in [6.45, 7) is 3.50. The molecule has 0 aliphatic carbocycles. The van der Waals surface area contributed by atoms with Crippen molar-refractivity contribution in [2.45, 2.75) is 13.8 Å². The molecule has 0 spiro atoms. The molecule has 2 aromatic carbocycles. The quantitative estimate of drug-likeness (QED) is 0.598. The number of phenolic OH excluding ortho intramolecular Hbond substituents is 2. The average molecular weight is 284 g/mol. The number of nitrogens with one attached hydrogen (secondary N) is 1. The smallest absolute Gasteiger partial charge is 0.271 e. The molecule has 0 saturated carbocycles. The van der Waals surface area contributed by atoms with Crippen molar-refractivity contribution in [1.82, 2.24) is 5.43 Å². The number of phenols is 2. The van der Waals surface area contributed by atoms with E-state index in [4.69, 9.17) is 0 Å². The van der Waals surface area contributed by atoms with Crippen LogP contribution in [0.5, 0.6) is 11.5 Å². The van der Waals surface area contributed by atoms with Gasteiger partial charge in [-0.2, -0.15) is 5.10 Å². The average Bonchev–Trinajstić information content (AvgIpc) is 2.45. The summed E-state index contributed by atoms with van der Waals surface area (Å²) in [6, 6.07) is 11.4. The van der Waals surface area contributed by atoms with Crippen LogP contribution in [0, 0.1) is 6.92 Å². The fourth-order valence-electron chi connectivity index (χ4n) is 1.91. The Balaban J connectivity index is 2.17. The molecule has 0 aliphatic rings. The minimum atomic E-state index is -0.314.